The maximum atomic E-state index is 10.1. The number of hydrogen-bond acceptors (Lipinski definition) is 5. The first kappa shape index (κ1) is 15.3. The number of carbonyl (C=O) groups is 2. The van der Waals surface area contributed by atoms with E-state index in [1.807, 2.05) is 0 Å². The lowest BCUT2D eigenvalue weighted by Gasteiger charge is -1.96. The van der Waals surface area contributed by atoms with Gasteiger partial charge in [-0.2, -0.15) is 0 Å². The van der Waals surface area contributed by atoms with Crippen molar-refractivity contribution in [2.75, 3.05) is 20.2 Å². The van der Waals surface area contributed by atoms with Crippen LogP contribution in [0.1, 0.15) is 13.3 Å². The molecule has 6 nitrogen and oxygen atoms in total. The summed E-state index contributed by atoms with van der Waals surface area (Å²) in [6.07, 6.45) is 0.316. The molecule has 0 aromatic carbocycles. The molecule has 0 saturated heterocycles. The predicted octanol–water partition coefficient (Wildman–Crippen LogP) is -0.826. The fourth-order valence-electron chi connectivity index (χ4n) is 0.321. The van der Waals surface area contributed by atoms with Gasteiger partial charge in [0.05, 0.1) is 19.4 Å². The molecular weight excluding hydrogens is 188 g/mol. The van der Waals surface area contributed by atoms with E-state index in [9.17, 15) is 9.59 Å². The fraction of sp³-hybridized carbons (Fsp3) is 0.750. The number of rotatable bonds is 4. The third kappa shape index (κ3) is 10.9. The average Bonchev–Trinajstić information content (AvgIpc) is 2.17. The molecule has 0 rings (SSSR count). The molecule has 14 heavy (non-hydrogen) atoms. The molecule has 0 aliphatic rings. The van der Waals surface area contributed by atoms with E-state index in [1.54, 1.807) is 6.92 Å². The zero-order valence-corrected chi connectivity index (χ0v) is 8.53. The third-order valence-electron chi connectivity index (χ3n) is 1.35. The van der Waals surface area contributed by atoms with Gasteiger partial charge in [-0.15, -0.1) is 0 Å². The number of aliphatic carboxylic acids is 1. The van der Waals surface area contributed by atoms with Crippen molar-refractivity contribution in [2.24, 2.45) is 17.4 Å². The minimum atomic E-state index is -0.831. The summed E-state index contributed by atoms with van der Waals surface area (Å²) in [5.41, 5.74) is 10.00. The Hall–Kier alpha value is -1.14. The van der Waals surface area contributed by atoms with E-state index in [1.165, 1.54) is 7.11 Å². The number of carbonyl (C=O) groups excluding carboxylic acids is 1. The lowest BCUT2D eigenvalue weighted by atomic mass is 10.2. The van der Waals surface area contributed by atoms with Crippen LogP contribution >= 0.6 is 0 Å². The Morgan fingerprint density at radius 3 is 2.00 bits per heavy atom. The monoisotopic (exact) mass is 206 g/mol. The molecule has 0 aromatic rings. The lowest BCUT2D eigenvalue weighted by Crippen LogP contribution is -2.19. The van der Waals surface area contributed by atoms with Crippen molar-refractivity contribution in [3.63, 3.8) is 0 Å². The number of nitrogens with two attached hydrogens (primary N) is 2. The molecule has 0 saturated carbocycles. The number of hydrogen-bond donors (Lipinski definition) is 3. The lowest BCUT2D eigenvalue weighted by molar-refractivity contribution is -0.141. The highest BCUT2D eigenvalue weighted by Crippen LogP contribution is 1.87. The van der Waals surface area contributed by atoms with Gasteiger partial charge in [0.15, 0.2) is 0 Å². The number of carboxylic acids is 1. The normalized spacial score (nSPS) is 10.9. The van der Waals surface area contributed by atoms with Crippen molar-refractivity contribution in [3.05, 3.63) is 0 Å². The molecule has 1 unspecified atom stereocenters. The summed E-state index contributed by atoms with van der Waals surface area (Å²) in [7, 11) is 1.35. The Morgan fingerprint density at radius 2 is 1.93 bits per heavy atom. The predicted molar refractivity (Wildman–Crippen MR) is 51.5 cm³/mol. The highest BCUT2D eigenvalue weighted by atomic mass is 16.5. The summed E-state index contributed by atoms with van der Waals surface area (Å²) in [5, 5.41) is 8.10. The largest absolute Gasteiger partial charge is 0.481 e. The Kier molecular flexibility index (Phi) is 10.9. The minimum absolute atomic E-state index is 0.218. The van der Waals surface area contributed by atoms with Crippen LogP contribution in [0.15, 0.2) is 0 Å². The molecule has 0 radical (unpaired) electrons. The third-order valence-corrected chi connectivity index (χ3v) is 1.35. The van der Waals surface area contributed by atoms with Crippen LogP contribution in [0.4, 0.5) is 0 Å². The number of methoxy groups -OCH3 is 1. The molecule has 1 atom stereocenters. The van der Waals surface area contributed by atoms with Crippen LogP contribution in [0.3, 0.4) is 0 Å². The van der Waals surface area contributed by atoms with Crippen molar-refractivity contribution in [1.82, 2.24) is 0 Å². The van der Waals surface area contributed by atoms with Gasteiger partial charge in [0.2, 0.25) is 0 Å². The summed E-state index contributed by atoms with van der Waals surface area (Å²) in [6, 6.07) is 0. The second-order valence-electron chi connectivity index (χ2n) is 2.59. The van der Waals surface area contributed by atoms with Crippen LogP contribution in [0.5, 0.6) is 0 Å². The number of ether oxygens (including phenoxy) is 1. The van der Waals surface area contributed by atoms with Crippen molar-refractivity contribution in [3.8, 4) is 0 Å². The minimum Gasteiger partial charge on any atom is -0.481 e. The maximum Gasteiger partial charge on any atom is 0.307 e. The van der Waals surface area contributed by atoms with E-state index in [2.05, 4.69) is 4.74 Å². The van der Waals surface area contributed by atoms with Gasteiger partial charge in [0.1, 0.15) is 0 Å². The molecular formula is C8H18N2O4. The van der Waals surface area contributed by atoms with Gasteiger partial charge in [0.25, 0.3) is 0 Å². The summed E-state index contributed by atoms with van der Waals surface area (Å²) in [6.45, 7) is 2.16. The molecule has 0 aliphatic heterocycles. The Morgan fingerprint density at radius 1 is 1.43 bits per heavy atom. The van der Waals surface area contributed by atoms with Gasteiger partial charge in [-0.3, -0.25) is 9.59 Å². The van der Waals surface area contributed by atoms with Crippen LogP contribution in [0, 0.1) is 5.92 Å². The van der Waals surface area contributed by atoms with Crippen molar-refractivity contribution in [1.29, 1.82) is 0 Å². The second-order valence-corrected chi connectivity index (χ2v) is 2.59. The summed E-state index contributed by atoms with van der Waals surface area (Å²) in [5.74, 6) is -1.48. The second kappa shape index (κ2) is 9.94. The van der Waals surface area contributed by atoms with Crippen LogP contribution in [-0.2, 0) is 14.3 Å². The molecule has 84 valence electrons. The first-order valence-corrected chi connectivity index (χ1v) is 4.19. The summed E-state index contributed by atoms with van der Waals surface area (Å²) < 4.78 is 4.27. The van der Waals surface area contributed by atoms with E-state index >= 15 is 0 Å². The summed E-state index contributed by atoms with van der Waals surface area (Å²) in [4.78, 5) is 20.0. The fourth-order valence-corrected chi connectivity index (χ4v) is 0.321. The maximum absolute atomic E-state index is 10.1. The van der Waals surface area contributed by atoms with Gasteiger partial charge < -0.3 is 21.3 Å². The topological polar surface area (TPSA) is 116 Å². The molecule has 6 heteroatoms. The van der Waals surface area contributed by atoms with Crippen molar-refractivity contribution in [2.45, 2.75) is 13.3 Å². The molecule has 0 amide bonds. The molecule has 0 bridgehead atoms. The quantitative estimate of drug-likeness (QED) is 0.517. The highest BCUT2D eigenvalue weighted by molar-refractivity contribution is 5.69. The number of carboxylic acid groups (broad SMARTS) is 1. The Labute approximate surface area is 83.2 Å². The molecule has 5 N–H and O–H groups in total. The SMILES string of the molecule is CC(CN)C(=O)O.COC(=O)CCN. The van der Waals surface area contributed by atoms with E-state index in [-0.39, 0.29) is 12.5 Å². The Bertz CT molecular complexity index is 171. The van der Waals surface area contributed by atoms with Crippen LogP contribution in [0.25, 0.3) is 0 Å². The molecule has 0 aromatic heterocycles. The zero-order valence-electron chi connectivity index (χ0n) is 8.53. The van der Waals surface area contributed by atoms with Gasteiger partial charge in [-0.25, -0.2) is 0 Å². The van der Waals surface area contributed by atoms with Gasteiger partial charge in [-0.05, 0) is 0 Å². The summed E-state index contributed by atoms with van der Waals surface area (Å²) >= 11 is 0. The first-order valence-electron chi connectivity index (χ1n) is 4.19. The van der Waals surface area contributed by atoms with E-state index in [4.69, 9.17) is 16.6 Å². The molecule has 0 heterocycles. The smallest absolute Gasteiger partial charge is 0.307 e. The van der Waals surface area contributed by atoms with Crippen LogP contribution in [-0.4, -0.2) is 37.2 Å². The van der Waals surface area contributed by atoms with Crippen LogP contribution in [0.2, 0.25) is 0 Å². The average molecular weight is 206 g/mol. The molecule has 0 spiro atoms. The van der Waals surface area contributed by atoms with E-state index in [0.717, 1.165) is 0 Å². The van der Waals surface area contributed by atoms with Gasteiger partial charge in [-0.1, -0.05) is 6.92 Å². The van der Waals surface area contributed by atoms with Crippen molar-refractivity contribution < 1.29 is 19.4 Å². The molecule has 0 aliphatic carbocycles. The first-order chi connectivity index (χ1) is 6.49. The Balaban J connectivity index is 0. The zero-order chi connectivity index (χ0) is 11.6. The van der Waals surface area contributed by atoms with E-state index < -0.39 is 11.9 Å². The standard InChI is InChI=1S/2C4H9NO2/c1-7-4(6)2-3-5;1-3(2-5)4(6)7/h2-3,5H2,1H3;3H,2,5H2,1H3,(H,6,7). The highest BCUT2D eigenvalue weighted by Gasteiger charge is 2.05. The van der Waals surface area contributed by atoms with Gasteiger partial charge in [0, 0.05) is 13.1 Å². The van der Waals surface area contributed by atoms with E-state index in [0.29, 0.717) is 13.0 Å². The van der Waals surface area contributed by atoms with Crippen LogP contribution < -0.4 is 11.5 Å². The molecule has 0 fully saturated rings. The number of esters is 1. The van der Waals surface area contributed by atoms with Gasteiger partial charge >= 0.3 is 11.9 Å². The van der Waals surface area contributed by atoms with Crippen molar-refractivity contribution >= 4 is 11.9 Å².